The number of rotatable bonds is 0. The van der Waals surface area contributed by atoms with Crippen molar-refractivity contribution in [2.24, 2.45) is 0 Å². The molecule has 0 nitrogen and oxygen atoms in total. The largest absolute Gasteiger partial charge is 2.00 e. The molecule has 0 bridgehead atoms. The summed E-state index contributed by atoms with van der Waals surface area (Å²) in [6.45, 7) is 0. The molecule has 0 aromatic heterocycles. The van der Waals surface area contributed by atoms with Crippen LogP contribution in [0.15, 0.2) is 0 Å². The van der Waals surface area contributed by atoms with E-state index < -0.39 is 0 Å². The van der Waals surface area contributed by atoms with E-state index in [1.165, 1.54) is 0 Å². The topological polar surface area (TPSA) is 0 Å². The normalized spacial score (nSPS) is 0. The molecule has 0 aliphatic heterocycles. The van der Waals surface area contributed by atoms with Gasteiger partial charge in [0, 0.05) is 118 Å². The monoisotopic (exact) mass is 427 g/mol. The minimum atomic E-state index is 0. The van der Waals surface area contributed by atoms with E-state index in [4.69, 9.17) is 0 Å². The zero-order valence-corrected chi connectivity index (χ0v) is 14.8. The van der Waals surface area contributed by atoms with Crippen LogP contribution in [0.5, 0.6) is 0 Å². The number of hydrogen-bond acceptors (Lipinski definition) is 0. The summed E-state index contributed by atoms with van der Waals surface area (Å²) in [6.07, 6.45) is 0. The molecule has 0 N–H and O–H groups in total. The maximum Gasteiger partial charge on any atom is 2.00 e. The van der Waals surface area contributed by atoms with Gasteiger partial charge in [0.25, 0.3) is 0 Å². The zero-order chi connectivity index (χ0) is 0. The first-order chi connectivity index (χ1) is 0. The molecular weight excluding hydrogens is 427 g/mol. The Balaban J connectivity index is 0. The Bertz CT molecular complexity index is 17.7. The van der Waals surface area contributed by atoms with Crippen LogP contribution in [0.25, 0.3) is 0 Å². The van der Waals surface area contributed by atoms with Crippen molar-refractivity contribution in [2.75, 3.05) is 0 Å². The van der Waals surface area contributed by atoms with Gasteiger partial charge in [0.1, 0.15) is 0 Å². The molecule has 5 heteroatoms. The Morgan fingerprint density at radius 3 is 1.20 bits per heavy atom. The Morgan fingerprint density at radius 1 is 1.20 bits per heavy atom. The van der Waals surface area contributed by atoms with Gasteiger partial charge in [0.05, 0.1) is 0 Å². The predicted molar refractivity (Wildman–Crippen MR) is 7.98 cm³/mol. The fraction of sp³-hybridized carbons (Fsp3) is 0. The summed E-state index contributed by atoms with van der Waals surface area (Å²) >= 11 is 0. The third kappa shape index (κ3) is 17.7. The van der Waals surface area contributed by atoms with Crippen molar-refractivity contribution < 1.29 is 121 Å². The molecule has 0 saturated carbocycles. The molecule has 0 aromatic carbocycles. The standard InChI is InChI=1S/Gd.Mg.Y.Zn.Zr.2H/q;+2;;;;2*-1. The van der Waals surface area contributed by atoms with Gasteiger partial charge in [-0.1, -0.05) is 0 Å². The van der Waals surface area contributed by atoms with Crippen LogP contribution < -0.4 is 0 Å². The average molecular weight is 429 g/mol. The van der Waals surface area contributed by atoms with E-state index in [0.29, 0.717) is 0 Å². The smallest absolute Gasteiger partial charge is 1.00 e. The van der Waals surface area contributed by atoms with Crippen LogP contribution in [0.2, 0.25) is 0 Å². The van der Waals surface area contributed by atoms with Gasteiger partial charge in [-0.3, -0.25) is 0 Å². The molecule has 0 aliphatic carbocycles. The summed E-state index contributed by atoms with van der Waals surface area (Å²) in [7, 11) is 0. The molecule has 1 radical (unpaired) electrons. The van der Waals surface area contributed by atoms with Crippen LogP contribution in [0.4, 0.5) is 0 Å². The minimum Gasteiger partial charge on any atom is -1.00 e. The van der Waals surface area contributed by atoms with Gasteiger partial charge < -0.3 is 2.85 Å². The Labute approximate surface area is 140 Å². The SMILES string of the molecule is [Gd].[H-].[H-].[Mg+2].[Y].[Zn].[Zr]. The van der Waals surface area contributed by atoms with Gasteiger partial charge in [0.2, 0.25) is 0 Å². The first kappa shape index (κ1) is 33.2. The third-order valence-corrected chi connectivity index (χ3v) is 0. The molecule has 0 aliphatic rings. The van der Waals surface area contributed by atoms with Crippen LogP contribution in [0.3, 0.4) is 0 Å². The van der Waals surface area contributed by atoms with Crippen molar-refractivity contribution in [3.05, 3.63) is 0 Å². The second-order valence-electron chi connectivity index (χ2n) is 0. The van der Waals surface area contributed by atoms with E-state index in [1.807, 2.05) is 0 Å². The molecule has 0 atom stereocenters. The minimum absolute atomic E-state index is 0. The first-order valence-corrected chi connectivity index (χ1v) is 0. The zero-order valence-electron chi connectivity index (χ0n) is 4.85. The molecule has 0 rings (SSSR count). The van der Waals surface area contributed by atoms with E-state index in [-0.39, 0.29) is 144 Å². The molecule has 0 aromatic rings. The van der Waals surface area contributed by atoms with Gasteiger partial charge in [-0.25, -0.2) is 0 Å². The van der Waals surface area contributed by atoms with Crippen LogP contribution in [0.1, 0.15) is 2.85 Å². The molecule has 5 heavy (non-hydrogen) atoms. The molecule has 0 unspecified atom stereocenters. The van der Waals surface area contributed by atoms with Gasteiger partial charge in [-0.15, -0.1) is 0 Å². The second-order valence-corrected chi connectivity index (χ2v) is 0. The van der Waals surface area contributed by atoms with Crippen molar-refractivity contribution in [3.8, 4) is 0 Å². The quantitative estimate of drug-likeness (QED) is 0.470. The molecule has 0 fully saturated rings. The summed E-state index contributed by atoms with van der Waals surface area (Å²) < 4.78 is 0. The van der Waals surface area contributed by atoms with Crippen LogP contribution in [0, 0.1) is 39.9 Å². The molecular formula is H2GdMgYZnZr. The first-order valence-electron chi connectivity index (χ1n) is 0. The summed E-state index contributed by atoms with van der Waals surface area (Å²) in [6, 6.07) is 0. The van der Waals surface area contributed by atoms with Crippen molar-refractivity contribution in [3.63, 3.8) is 0 Å². The Kier molecular flexibility index (Phi) is 155. The fourth-order valence-electron chi connectivity index (χ4n) is 0. The maximum atomic E-state index is 0. The van der Waals surface area contributed by atoms with Gasteiger partial charge >= 0.3 is 23.1 Å². The van der Waals surface area contributed by atoms with E-state index >= 15 is 0 Å². The third-order valence-electron chi connectivity index (χ3n) is 0. The average Bonchev–Trinajstić information content (AvgIpc) is 0. The maximum absolute atomic E-state index is 0. The number of hydrogen-bond donors (Lipinski definition) is 0. The fourth-order valence-corrected chi connectivity index (χ4v) is 0. The van der Waals surface area contributed by atoms with E-state index in [1.54, 1.807) is 0 Å². The summed E-state index contributed by atoms with van der Waals surface area (Å²) in [5.41, 5.74) is 0. The molecule has 0 amide bonds. The van der Waals surface area contributed by atoms with Crippen molar-refractivity contribution in [1.29, 1.82) is 0 Å². The van der Waals surface area contributed by atoms with Crippen LogP contribution in [-0.4, -0.2) is 23.1 Å². The summed E-state index contributed by atoms with van der Waals surface area (Å²) in [4.78, 5) is 0. The Hall–Kier alpha value is 4.70. The molecule has 0 saturated heterocycles. The van der Waals surface area contributed by atoms with Crippen LogP contribution >= 0.6 is 0 Å². The van der Waals surface area contributed by atoms with Crippen LogP contribution in [-0.2, 0) is 78.4 Å². The summed E-state index contributed by atoms with van der Waals surface area (Å²) in [5.74, 6) is 0. The van der Waals surface area contributed by atoms with Crippen molar-refractivity contribution in [1.82, 2.24) is 0 Å². The van der Waals surface area contributed by atoms with Gasteiger partial charge in [-0.2, -0.15) is 0 Å². The van der Waals surface area contributed by atoms with E-state index in [9.17, 15) is 0 Å². The predicted octanol–water partition coefficient (Wildman–Crippen LogP) is -0.163. The van der Waals surface area contributed by atoms with Gasteiger partial charge in [0.15, 0.2) is 0 Å². The van der Waals surface area contributed by atoms with Crippen molar-refractivity contribution >= 4 is 23.1 Å². The molecule has 0 heterocycles. The van der Waals surface area contributed by atoms with Crippen molar-refractivity contribution in [2.45, 2.75) is 0 Å². The van der Waals surface area contributed by atoms with E-state index in [2.05, 4.69) is 0 Å². The van der Waals surface area contributed by atoms with E-state index in [0.717, 1.165) is 0 Å². The van der Waals surface area contributed by atoms with Gasteiger partial charge in [-0.05, 0) is 0 Å². The molecule has 21 valence electrons. The summed E-state index contributed by atoms with van der Waals surface area (Å²) in [5, 5.41) is 0. The second kappa shape index (κ2) is 23.3. The molecule has 0 spiro atoms. The Morgan fingerprint density at radius 2 is 1.20 bits per heavy atom.